The Hall–Kier alpha value is -1.13. The molecule has 0 bridgehead atoms. The largest absolute Gasteiger partial charge is 0.435 e. The van der Waals surface area contributed by atoms with Crippen LogP contribution in [0.25, 0.3) is 0 Å². The van der Waals surface area contributed by atoms with Gasteiger partial charge < -0.3 is 4.74 Å². The van der Waals surface area contributed by atoms with E-state index in [-0.39, 0.29) is 11.8 Å². The molecular weight excluding hydrogens is 321 g/mol. The van der Waals surface area contributed by atoms with Gasteiger partial charge in [0.2, 0.25) is 0 Å². The number of benzene rings is 1. The minimum Gasteiger partial charge on any atom is -0.435 e. The van der Waals surface area contributed by atoms with Gasteiger partial charge in [-0.15, -0.1) is 11.6 Å². The third kappa shape index (κ3) is 2.82. The number of hydrogen-bond donors (Lipinski definition) is 0. The second-order valence-electron chi connectivity index (χ2n) is 3.76. The fourth-order valence-corrected chi connectivity index (χ4v) is 2.21. The molecule has 18 heavy (non-hydrogen) atoms. The van der Waals surface area contributed by atoms with E-state index in [4.69, 9.17) is 16.3 Å². The van der Waals surface area contributed by atoms with Crippen molar-refractivity contribution in [3.8, 4) is 11.6 Å². The van der Waals surface area contributed by atoms with Crippen LogP contribution in [0.15, 0.2) is 34.9 Å². The fraction of sp³-hybridized carbons (Fsp3) is 0.154. The van der Waals surface area contributed by atoms with Crippen LogP contribution in [-0.2, 0) is 5.88 Å². The van der Waals surface area contributed by atoms with E-state index in [1.54, 1.807) is 6.07 Å². The molecule has 1 heterocycles. The lowest BCUT2D eigenvalue weighted by Gasteiger charge is -2.09. The lowest BCUT2D eigenvalue weighted by atomic mass is 10.2. The summed E-state index contributed by atoms with van der Waals surface area (Å²) in [5.74, 6) is -0.00355. The average Bonchev–Trinajstić information content (AvgIpc) is 2.35. The van der Waals surface area contributed by atoms with Crippen molar-refractivity contribution in [1.82, 2.24) is 4.98 Å². The molecule has 0 aliphatic carbocycles. The summed E-state index contributed by atoms with van der Waals surface area (Å²) < 4.78 is 20.1. The molecule has 0 spiro atoms. The molecule has 0 amide bonds. The van der Waals surface area contributed by atoms with Crippen LogP contribution < -0.4 is 4.74 Å². The van der Waals surface area contributed by atoms with Gasteiger partial charge in [0.15, 0.2) is 5.82 Å². The number of aromatic nitrogens is 1. The minimum atomic E-state index is -0.528. The zero-order chi connectivity index (χ0) is 13.1. The number of halogens is 3. The van der Waals surface area contributed by atoms with Gasteiger partial charge in [0.05, 0.1) is 10.4 Å². The molecule has 2 rings (SSSR count). The fourth-order valence-electron chi connectivity index (χ4n) is 1.43. The van der Waals surface area contributed by atoms with Crippen LogP contribution in [0.2, 0.25) is 0 Å². The second-order valence-corrected chi connectivity index (χ2v) is 4.88. The van der Waals surface area contributed by atoms with Crippen molar-refractivity contribution in [2.45, 2.75) is 12.8 Å². The van der Waals surface area contributed by atoms with E-state index in [0.717, 1.165) is 10.0 Å². The van der Waals surface area contributed by atoms with Gasteiger partial charge in [0, 0.05) is 11.8 Å². The Kier molecular flexibility index (Phi) is 4.19. The summed E-state index contributed by atoms with van der Waals surface area (Å²) >= 11 is 8.99. The molecule has 0 N–H and O–H groups in total. The van der Waals surface area contributed by atoms with Crippen LogP contribution in [-0.4, -0.2) is 4.98 Å². The minimum absolute atomic E-state index is 0.0716. The summed E-state index contributed by atoms with van der Waals surface area (Å²) in [5, 5.41) is 0. The number of rotatable bonds is 3. The summed E-state index contributed by atoms with van der Waals surface area (Å²) in [6.45, 7) is 1.96. The lowest BCUT2D eigenvalue weighted by molar-refractivity contribution is 0.418. The Morgan fingerprint density at radius 3 is 2.83 bits per heavy atom. The predicted molar refractivity (Wildman–Crippen MR) is 72.7 cm³/mol. The highest BCUT2D eigenvalue weighted by atomic mass is 79.9. The summed E-state index contributed by atoms with van der Waals surface area (Å²) in [7, 11) is 0. The highest BCUT2D eigenvalue weighted by molar-refractivity contribution is 9.10. The van der Waals surface area contributed by atoms with E-state index in [9.17, 15) is 4.39 Å². The van der Waals surface area contributed by atoms with Gasteiger partial charge in [-0.2, -0.15) is 0 Å². The van der Waals surface area contributed by atoms with Crippen molar-refractivity contribution in [3.63, 3.8) is 0 Å². The first-order valence-electron chi connectivity index (χ1n) is 5.25. The maximum atomic E-state index is 13.9. The van der Waals surface area contributed by atoms with Crippen LogP contribution in [0.1, 0.15) is 11.1 Å². The summed E-state index contributed by atoms with van der Waals surface area (Å²) in [6.07, 6.45) is 1.47. The SMILES string of the molecule is Cc1ccc(Oc2nccc(CCl)c2F)c(Br)c1. The Morgan fingerprint density at radius 1 is 1.39 bits per heavy atom. The van der Waals surface area contributed by atoms with E-state index in [1.165, 1.54) is 12.3 Å². The number of alkyl halides is 1. The molecule has 0 aliphatic heterocycles. The molecular formula is C13H10BrClFNO. The molecule has 0 unspecified atom stereocenters. The van der Waals surface area contributed by atoms with Gasteiger partial charge in [-0.1, -0.05) is 6.07 Å². The standard InChI is InChI=1S/C13H10BrClFNO/c1-8-2-3-11(10(14)6-8)18-13-12(16)9(7-15)4-5-17-13/h2-6H,7H2,1H3. The number of hydrogen-bond acceptors (Lipinski definition) is 2. The molecule has 0 aliphatic rings. The number of nitrogens with zero attached hydrogens (tertiary/aromatic N) is 1. The average molecular weight is 331 g/mol. The Balaban J connectivity index is 2.34. The van der Waals surface area contributed by atoms with Crippen LogP contribution >= 0.6 is 27.5 Å². The Labute approximate surface area is 118 Å². The maximum Gasteiger partial charge on any atom is 0.256 e. The molecule has 2 aromatic rings. The van der Waals surface area contributed by atoms with E-state index >= 15 is 0 Å². The van der Waals surface area contributed by atoms with Crippen molar-refractivity contribution < 1.29 is 9.13 Å². The van der Waals surface area contributed by atoms with Crippen molar-refractivity contribution in [1.29, 1.82) is 0 Å². The van der Waals surface area contributed by atoms with Gasteiger partial charge in [0.25, 0.3) is 5.88 Å². The molecule has 5 heteroatoms. The van der Waals surface area contributed by atoms with Gasteiger partial charge in [-0.25, -0.2) is 9.37 Å². The molecule has 0 saturated carbocycles. The van der Waals surface area contributed by atoms with Crippen LogP contribution in [0.4, 0.5) is 4.39 Å². The highest BCUT2D eigenvalue weighted by Crippen LogP contribution is 2.31. The second kappa shape index (κ2) is 5.67. The van der Waals surface area contributed by atoms with Gasteiger partial charge in [-0.05, 0) is 46.6 Å². The quantitative estimate of drug-likeness (QED) is 0.753. The van der Waals surface area contributed by atoms with Crippen molar-refractivity contribution in [3.05, 3.63) is 51.9 Å². The molecule has 0 saturated heterocycles. The van der Waals surface area contributed by atoms with Crippen molar-refractivity contribution >= 4 is 27.5 Å². The first kappa shape index (κ1) is 13.3. The lowest BCUT2D eigenvalue weighted by Crippen LogP contribution is -1.96. The summed E-state index contributed by atoms with van der Waals surface area (Å²) in [5.41, 5.74) is 1.45. The van der Waals surface area contributed by atoms with Crippen LogP contribution in [0, 0.1) is 12.7 Å². The normalized spacial score (nSPS) is 10.4. The number of pyridine rings is 1. The third-order valence-corrected chi connectivity index (χ3v) is 3.28. The smallest absolute Gasteiger partial charge is 0.256 e. The Bertz CT molecular complexity index is 577. The third-order valence-electron chi connectivity index (χ3n) is 2.38. The van der Waals surface area contributed by atoms with E-state index in [2.05, 4.69) is 20.9 Å². The summed E-state index contributed by atoms with van der Waals surface area (Å²) in [4.78, 5) is 3.87. The molecule has 1 aromatic heterocycles. The van der Waals surface area contributed by atoms with Crippen molar-refractivity contribution in [2.24, 2.45) is 0 Å². The first-order valence-corrected chi connectivity index (χ1v) is 6.58. The molecule has 94 valence electrons. The molecule has 0 radical (unpaired) electrons. The summed E-state index contributed by atoms with van der Waals surface area (Å²) in [6, 6.07) is 7.05. The van der Waals surface area contributed by atoms with E-state index in [0.29, 0.717) is 11.3 Å². The van der Waals surface area contributed by atoms with Crippen LogP contribution in [0.3, 0.4) is 0 Å². The molecule has 1 aromatic carbocycles. The van der Waals surface area contributed by atoms with Gasteiger partial charge in [0.1, 0.15) is 5.75 Å². The van der Waals surface area contributed by atoms with Crippen molar-refractivity contribution in [2.75, 3.05) is 0 Å². The first-order chi connectivity index (χ1) is 8.61. The number of aryl methyl sites for hydroxylation is 1. The van der Waals surface area contributed by atoms with Gasteiger partial charge in [-0.3, -0.25) is 0 Å². The zero-order valence-corrected chi connectivity index (χ0v) is 11.9. The topological polar surface area (TPSA) is 22.1 Å². The van der Waals surface area contributed by atoms with E-state index in [1.807, 2.05) is 19.1 Å². The van der Waals surface area contributed by atoms with Crippen LogP contribution in [0.5, 0.6) is 11.6 Å². The molecule has 0 atom stereocenters. The molecule has 2 nitrogen and oxygen atoms in total. The maximum absolute atomic E-state index is 13.9. The zero-order valence-electron chi connectivity index (χ0n) is 9.58. The van der Waals surface area contributed by atoms with E-state index < -0.39 is 5.82 Å². The number of ether oxygens (including phenoxy) is 1. The highest BCUT2D eigenvalue weighted by Gasteiger charge is 2.12. The van der Waals surface area contributed by atoms with Gasteiger partial charge >= 0.3 is 0 Å². The monoisotopic (exact) mass is 329 g/mol. The Morgan fingerprint density at radius 2 is 2.17 bits per heavy atom. The predicted octanol–water partition coefficient (Wildman–Crippen LogP) is 4.82. The molecule has 0 fully saturated rings.